The van der Waals surface area contributed by atoms with Crippen LogP contribution in [0.25, 0.3) is 0 Å². The third-order valence-corrected chi connectivity index (χ3v) is 4.81. The number of hydrazine groups is 1. The average Bonchev–Trinajstić information content (AvgIpc) is 3.31. The molecule has 0 unspecified atom stereocenters. The molecule has 1 aromatic carbocycles. The fourth-order valence-corrected chi connectivity index (χ4v) is 3.04. The van der Waals surface area contributed by atoms with E-state index in [-0.39, 0.29) is 5.91 Å². The number of rotatable bonds is 6. The number of hydrogen-bond donors (Lipinski definition) is 2. The van der Waals surface area contributed by atoms with Crippen LogP contribution in [0.15, 0.2) is 22.7 Å². The van der Waals surface area contributed by atoms with Crippen molar-refractivity contribution in [3.8, 4) is 0 Å². The van der Waals surface area contributed by atoms with E-state index in [0.717, 1.165) is 23.0 Å². The molecule has 0 heterocycles. The predicted molar refractivity (Wildman–Crippen MR) is 82.0 cm³/mol. The highest BCUT2D eigenvalue weighted by molar-refractivity contribution is 9.10. The van der Waals surface area contributed by atoms with Crippen molar-refractivity contribution >= 4 is 21.8 Å². The zero-order valence-corrected chi connectivity index (χ0v) is 13.0. The van der Waals surface area contributed by atoms with Crippen LogP contribution in [0.4, 0.5) is 0 Å². The Bertz CT molecular complexity index is 512. The molecule has 0 aromatic heterocycles. The molecule has 0 atom stereocenters. The van der Waals surface area contributed by atoms with Crippen LogP contribution in [0, 0.1) is 5.92 Å². The Balaban J connectivity index is 1.70. The van der Waals surface area contributed by atoms with Gasteiger partial charge in [-0.3, -0.25) is 15.1 Å². The molecular formula is C15H20BrN3O. The second-order valence-corrected chi connectivity index (χ2v) is 6.74. The number of nitrogen functional groups attached to an aromatic ring is 1. The molecule has 0 spiro atoms. The smallest absolute Gasteiger partial charge is 0.265 e. The van der Waals surface area contributed by atoms with Gasteiger partial charge in [-0.05, 0) is 49.3 Å². The second kappa shape index (κ2) is 5.84. The maximum absolute atomic E-state index is 11.5. The number of nitrogens with two attached hydrogens (primary N) is 1. The molecule has 0 saturated heterocycles. The van der Waals surface area contributed by atoms with Gasteiger partial charge in [-0.2, -0.15) is 0 Å². The number of carbonyl (C=O) groups excluding carboxylic acids is 1. The summed E-state index contributed by atoms with van der Waals surface area (Å²) in [6.45, 7) is 2.19. The lowest BCUT2D eigenvalue weighted by atomic mass is 10.1. The lowest BCUT2D eigenvalue weighted by Gasteiger charge is -2.22. The number of carbonyl (C=O) groups is 1. The first-order valence-corrected chi connectivity index (χ1v) is 8.00. The van der Waals surface area contributed by atoms with E-state index in [9.17, 15) is 4.79 Å². The molecule has 2 saturated carbocycles. The molecule has 2 fully saturated rings. The van der Waals surface area contributed by atoms with Gasteiger partial charge in [0.1, 0.15) is 0 Å². The van der Waals surface area contributed by atoms with Crippen molar-refractivity contribution in [2.24, 2.45) is 11.8 Å². The van der Waals surface area contributed by atoms with Crippen LogP contribution < -0.4 is 11.3 Å². The second-order valence-electron chi connectivity index (χ2n) is 5.88. The molecular weight excluding hydrogens is 318 g/mol. The van der Waals surface area contributed by atoms with Crippen LogP contribution in [0.1, 0.15) is 41.6 Å². The fraction of sp³-hybridized carbons (Fsp3) is 0.533. The molecule has 20 heavy (non-hydrogen) atoms. The highest BCUT2D eigenvalue weighted by Gasteiger charge is 2.33. The summed E-state index contributed by atoms with van der Waals surface area (Å²) in [7, 11) is 0. The lowest BCUT2D eigenvalue weighted by molar-refractivity contribution is 0.0953. The maximum atomic E-state index is 11.5. The van der Waals surface area contributed by atoms with Crippen molar-refractivity contribution in [3.05, 3.63) is 33.8 Å². The van der Waals surface area contributed by atoms with Gasteiger partial charge in [0.05, 0.1) is 0 Å². The van der Waals surface area contributed by atoms with Crippen molar-refractivity contribution < 1.29 is 4.79 Å². The molecule has 0 radical (unpaired) electrons. The zero-order valence-electron chi connectivity index (χ0n) is 11.4. The van der Waals surface area contributed by atoms with E-state index in [0.29, 0.717) is 5.56 Å². The van der Waals surface area contributed by atoms with Crippen LogP contribution in [0.2, 0.25) is 0 Å². The largest absolute Gasteiger partial charge is 0.296 e. The first-order valence-electron chi connectivity index (χ1n) is 7.21. The van der Waals surface area contributed by atoms with Crippen molar-refractivity contribution in [2.75, 3.05) is 6.54 Å². The van der Waals surface area contributed by atoms with Crippen LogP contribution in [0.3, 0.4) is 0 Å². The minimum Gasteiger partial charge on any atom is -0.296 e. The van der Waals surface area contributed by atoms with E-state index in [1.54, 1.807) is 0 Å². The molecule has 108 valence electrons. The summed E-state index contributed by atoms with van der Waals surface area (Å²) in [4.78, 5) is 14.1. The summed E-state index contributed by atoms with van der Waals surface area (Å²) < 4.78 is 0.986. The first kappa shape index (κ1) is 14.0. The van der Waals surface area contributed by atoms with Gasteiger partial charge >= 0.3 is 0 Å². The standard InChI is InChI=1S/C15H20BrN3O/c16-14-7-11(15(20)18-17)3-4-12(14)9-19(13-5-6-13)8-10-1-2-10/h3-4,7,10,13H,1-2,5-6,8-9,17H2,(H,18,20). The Morgan fingerprint density at radius 1 is 1.35 bits per heavy atom. The number of benzene rings is 1. The van der Waals surface area contributed by atoms with E-state index in [1.165, 1.54) is 37.8 Å². The zero-order chi connectivity index (χ0) is 14.1. The first-order chi connectivity index (χ1) is 9.67. The summed E-state index contributed by atoms with van der Waals surface area (Å²) in [6.07, 6.45) is 5.44. The van der Waals surface area contributed by atoms with Crippen LogP contribution >= 0.6 is 15.9 Å². The van der Waals surface area contributed by atoms with Crippen molar-refractivity contribution in [2.45, 2.75) is 38.3 Å². The van der Waals surface area contributed by atoms with Crippen molar-refractivity contribution in [1.82, 2.24) is 10.3 Å². The van der Waals surface area contributed by atoms with Crippen molar-refractivity contribution in [3.63, 3.8) is 0 Å². The Hall–Kier alpha value is -0.910. The van der Waals surface area contributed by atoms with E-state index in [2.05, 4.69) is 26.3 Å². The molecule has 0 bridgehead atoms. The van der Waals surface area contributed by atoms with E-state index >= 15 is 0 Å². The topological polar surface area (TPSA) is 58.4 Å². The van der Waals surface area contributed by atoms with Gasteiger partial charge in [-0.25, -0.2) is 5.84 Å². The molecule has 3 N–H and O–H groups in total. The minimum absolute atomic E-state index is 0.255. The molecule has 0 aliphatic heterocycles. The number of hydrogen-bond acceptors (Lipinski definition) is 3. The van der Waals surface area contributed by atoms with Crippen LogP contribution in [-0.4, -0.2) is 23.4 Å². The Morgan fingerprint density at radius 2 is 2.10 bits per heavy atom. The van der Waals surface area contributed by atoms with E-state index in [1.807, 2.05) is 18.2 Å². The SMILES string of the molecule is NNC(=O)c1ccc(CN(CC2CC2)C2CC2)c(Br)c1. The summed E-state index contributed by atoms with van der Waals surface area (Å²) >= 11 is 3.58. The number of nitrogens with one attached hydrogen (secondary N) is 1. The van der Waals surface area contributed by atoms with Crippen LogP contribution in [-0.2, 0) is 6.54 Å². The molecule has 1 amide bonds. The lowest BCUT2D eigenvalue weighted by Crippen LogP contribution is -2.30. The molecule has 2 aliphatic carbocycles. The number of nitrogens with zero attached hydrogens (tertiary/aromatic N) is 1. The highest BCUT2D eigenvalue weighted by Crippen LogP contribution is 2.36. The molecule has 4 nitrogen and oxygen atoms in total. The maximum Gasteiger partial charge on any atom is 0.265 e. The summed E-state index contributed by atoms with van der Waals surface area (Å²) in [5, 5.41) is 0. The van der Waals surface area contributed by atoms with Gasteiger partial charge in [0.15, 0.2) is 0 Å². The normalized spacial score (nSPS) is 18.4. The van der Waals surface area contributed by atoms with E-state index < -0.39 is 0 Å². The summed E-state index contributed by atoms with van der Waals surface area (Å²) in [5.41, 5.74) is 3.99. The Morgan fingerprint density at radius 3 is 2.65 bits per heavy atom. The molecule has 3 rings (SSSR count). The van der Waals surface area contributed by atoms with Gasteiger partial charge in [0, 0.05) is 29.2 Å². The monoisotopic (exact) mass is 337 g/mol. The predicted octanol–water partition coefficient (Wildman–Crippen LogP) is 2.43. The highest BCUT2D eigenvalue weighted by atomic mass is 79.9. The van der Waals surface area contributed by atoms with Gasteiger partial charge in [-0.15, -0.1) is 0 Å². The number of amides is 1. The minimum atomic E-state index is -0.255. The summed E-state index contributed by atoms with van der Waals surface area (Å²) in [6, 6.07) is 6.48. The Kier molecular flexibility index (Phi) is 4.10. The number of halogens is 1. The molecule has 2 aliphatic rings. The molecule has 1 aromatic rings. The molecule has 5 heteroatoms. The third-order valence-electron chi connectivity index (χ3n) is 4.07. The summed E-state index contributed by atoms with van der Waals surface area (Å²) in [5.74, 6) is 5.82. The van der Waals surface area contributed by atoms with Gasteiger partial charge in [-0.1, -0.05) is 22.0 Å². The third kappa shape index (κ3) is 3.40. The van der Waals surface area contributed by atoms with Crippen molar-refractivity contribution in [1.29, 1.82) is 0 Å². The van der Waals surface area contributed by atoms with Gasteiger partial charge < -0.3 is 0 Å². The Labute approximate surface area is 127 Å². The van der Waals surface area contributed by atoms with E-state index in [4.69, 9.17) is 5.84 Å². The van der Waals surface area contributed by atoms with Gasteiger partial charge in [0.2, 0.25) is 0 Å². The van der Waals surface area contributed by atoms with Gasteiger partial charge in [0.25, 0.3) is 5.91 Å². The van der Waals surface area contributed by atoms with Crippen LogP contribution in [0.5, 0.6) is 0 Å². The quantitative estimate of drug-likeness (QED) is 0.476. The fourth-order valence-electron chi connectivity index (χ4n) is 2.53. The average molecular weight is 338 g/mol.